The summed E-state index contributed by atoms with van der Waals surface area (Å²) >= 11 is 0. The molecule has 0 aliphatic rings. The van der Waals surface area contributed by atoms with Gasteiger partial charge in [0.05, 0.1) is 6.54 Å². The van der Waals surface area contributed by atoms with E-state index in [2.05, 4.69) is 64.7 Å². The number of furan rings is 1. The fourth-order valence-corrected chi connectivity index (χ4v) is 2.61. The van der Waals surface area contributed by atoms with Gasteiger partial charge in [0.1, 0.15) is 11.5 Å². The molecule has 0 aliphatic carbocycles. The van der Waals surface area contributed by atoms with Gasteiger partial charge in [-0.15, -0.1) is 0 Å². The number of aryl methyl sites for hydroxylation is 1. The van der Waals surface area contributed by atoms with Gasteiger partial charge in [0, 0.05) is 31.2 Å². The summed E-state index contributed by atoms with van der Waals surface area (Å²) in [4.78, 5) is 2.55. The van der Waals surface area contributed by atoms with Gasteiger partial charge in [-0.25, -0.2) is 0 Å². The Kier molecular flexibility index (Phi) is 7.47. The van der Waals surface area contributed by atoms with E-state index in [-0.39, 0.29) is 0 Å². The normalized spacial score (nSPS) is 12.3. The lowest BCUT2D eigenvalue weighted by Gasteiger charge is -2.25. The molecular formula is C18H34N2O. The van der Waals surface area contributed by atoms with E-state index in [0.29, 0.717) is 17.9 Å². The minimum atomic E-state index is 0.484. The Morgan fingerprint density at radius 1 is 1.05 bits per heavy atom. The van der Waals surface area contributed by atoms with Gasteiger partial charge in [0.15, 0.2) is 0 Å². The molecule has 3 heteroatoms. The third kappa shape index (κ3) is 7.14. The average molecular weight is 294 g/mol. The molecule has 0 aromatic carbocycles. The lowest BCUT2D eigenvalue weighted by atomic mass is 10.1. The molecule has 3 nitrogen and oxygen atoms in total. The second-order valence-electron chi connectivity index (χ2n) is 7.31. The van der Waals surface area contributed by atoms with E-state index in [4.69, 9.17) is 4.42 Å². The molecule has 1 rings (SSSR count). The van der Waals surface area contributed by atoms with E-state index in [1.54, 1.807) is 0 Å². The summed E-state index contributed by atoms with van der Waals surface area (Å²) in [6, 6.07) is 2.70. The SMILES string of the molecule is Cc1oc(CNC(C)C)cc1CN(CC(C)C)CC(C)C. The topological polar surface area (TPSA) is 28.4 Å². The van der Waals surface area contributed by atoms with Crippen LogP contribution in [0.5, 0.6) is 0 Å². The highest BCUT2D eigenvalue weighted by Crippen LogP contribution is 2.18. The van der Waals surface area contributed by atoms with Crippen molar-refractivity contribution >= 4 is 0 Å². The Labute approximate surface area is 131 Å². The van der Waals surface area contributed by atoms with Crippen LogP contribution in [-0.2, 0) is 13.1 Å². The molecule has 1 aromatic heterocycles. The summed E-state index contributed by atoms with van der Waals surface area (Å²) in [6.07, 6.45) is 0. The molecule has 0 amide bonds. The monoisotopic (exact) mass is 294 g/mol. The van der Waals surface area contributed by atoms with E-state index >= 15 is 0 Å². The molecule has 0 saturated carbocycles. The zero-order chi connectivity index (χ0) is 16.0. The van der Waals surface area contributed by atoms with Crippen molar-refractivity contribution in [2.75, 3.05) is 13.1 Å². The van der Waals surface area contributed by atoms with Crippen molar-refractivity contribution in [3.8, 4) is 0 Å². The maximum atomic E-state index is 5.89. The van der Waals surface area contributed by atoms with Gasteiger partial charge in [0.2, 0.25) is 0 Å². The average Bonchev–Trinajstić information content (AvgIpc) is 2.66. The van der Waals surface area contributed by atoms with Gasteiger partial charge >= 0.3 is 0 Å². The summed E-state index contributed by atoms with van der Waals surface area (Å²) in [6.45, 7) is 19.6. The number of rotatable bonds is 9. The Morgan fingerprint density at radius 3 is 2.10 bits per heavy atom. The van der Waals surface area contributed by atoms with Gasteiger partial charge < -0.3 is 9.73 Å². The molecular weight excluding hydrogens is 260 g/mol. The van der Waals surface area contributed by atoms with Crippen LogP contribution in [0.15, 0.2) is 10.5 Å². The molecule has 0 spiro atoms. The third-order valence-electron chi connectivity index (χ3n) is 3.40. The van der Waals surface area contributed by atoms with E-state index in [0.717, 1.165) is 37.7 Å². The Balaban J connectivity index is 2.69. The largest absolute Gasteiger partial charge is 0.465 e. The molecule has 1 N–H and O–H groups in total. The number of nitrogens with zero attached hydrogens (tertiary/aromatic N) is 1. The molecule has 0 fully saturated rings. The highest BCUT2D eigenvalue weighted by atomic mass is 16.3. The number of hydrogen-bond acceptors (Lipinski definition) is 3. The fraction of sp³-hybridized carbons (Fsp3) is 0.778. The maximum absolute atomic E-state index is 5.89. The van der Waals surface area contributed by atoms with E-state index in [9.17, 15) is 0 Å². The molecule has 1 aromatic rings. The summed E-state index contributed by atoms with van der Waals surface area (Å²) in [5.41, 5.74) is 1.33. The van der Waals surface area contributed by atoms with Crippen molar-refractivity contribution < 1.29 is 4.42 Å². The quantitative estimate of drug-likeness (QED) is 0.740. The molecule has 0 atom stereocenters. The van der Waals surface area contributed by atoms with Crippen LogP contribution in [0.2, 0.25) is 0 Å². The van der Waals surface area contributed by atoms with Crippen LogP contribution in [0.4, 0.5) is 0 Å². The highest BCUT2D eigenvalue weighted by molar-refractivity contribution is 5.20. The molecule has 0 aliphatic heterocycles. The van der Waals surface area contributed by atoms with Crippen molar-refractivity contribution in [1.29, 1.82) is 0 Å². The standard InChI is InChI=1S/C18H34N2O/c1-13(2)10-20(11-14(3)4)12-17-8-18(21-16(17)7)9-19-15(5)6/h8,13-15,19H,9-12H2,1-7H3. The van der Waals surface area contributed by atoms with Gasteiger partial charge in [-0.2, -0.15) is 0 Å². The van der Waals surface area contributed by atoms with Crippen LogP contribution in [-0.4, -0.2) is 24.0 Å². The van der Waals surface area contributed by atoms with Crippen LogP contribution in [0.3, 0.4) is 0 Å². The molecule has 21 heavy (non-hydrogen) atoms. The first-order chi connectivity index (χ1) is 9.77. The smallest absolute Gasteiger partial charge is 0.118 e. The molecule has 122 valence electrons. The van der Waals surface area contributed by atoms with Crippen molar-refractivity contribution in [1.82, 2.24) is 10.2 Å². The lowest BCUT2D eigenvalue weighted by Crippen LogP contribution is -2.31. The summed E-state index contributed by atoms with van der Waals surface area (Å²) in [5.74, 6) is 3.49. The van der Waals surface area contributed by atoms with Crippen molar-refractivity contribution in [2.24, 2.45) is 11.8 Å². The Morgan fingerprint density at radius 2 is 1.62 bits per heavy atom. The van der Waals surface area contributed by atoms with Gasteiger partial charge in [0.25, 0.3) is 0 Å². The first-order valence-electron chi connectivity index (χ1n) is 8.31. The van der Waals surface area contributed by atoms with E-state index in [1.807, 2.05) is 0 Å². The Bertz CT molecular complexity index is 397. The zero-order valence-corrected chi connectivity index (χ0v) is 15.0. The summed E-state index contributed by atoms with van der Waals surface area (Å²) in [7, 11) is 0. The van der Waals surface area contributed by atoms with Crippen molar-refractivity contribution in [3.63, 3.8) is 0 Å². The molecule has 0 radical (unpaired) electrons. The van der Waals surface area contributed by atoms with Crippen molar-refractivity contribution in [2.45, 2.75) is 67.6 Å². The van der Waals surface area contributed by atoms with Crippen LogP contribution in [0, 0.1) is 18.8 Å². The second kappa shape index (κ2) is 8.60. The first kappa shape index (κ1) is 18.2. The van der Waals surface area contributed by atoms with Gasteiger partial charge in [-0.1, -0.05) is 41.5 Å². The second-order valence-corrected chi connectivity index (χ2v) is 7.31. The minimum absolute atomic E-state index is 0.484. The summed E-state index contributed by atoms with van der Waals surface area (Å²) < 4.78 is 5.89. The van der Waals surface area contributed by atoms with Crippen molar-refractivity contribution in [3.05, 3.63) is 23.2 Å². The fourth-order valence-electron chi connectivity index (χ4n) is 2.61. The third-order valence-corrected chi connectivity index (χ3v) is 3.40. The number of nitrogens with one attached hydrogen (secondary N) is 1. The highest BCUT2D eigenvalue weighted by Gasteiger charge is 2.14. The van der Waals surface area contributed by atoms with Crippen LogP contribution >= 0.6 is 0 Å². The van der Waals surface area contributed by atoms with Gasteiger partial charge in [-0.05, 0) is 24.8 Å². The van der Waals surface area contributed by atoms with Crippen LogP contribution < -0.4 is 5.32 Å². The molecule has 1 heterocycles. The zero-order valence-electron chi connectivity index (χ0n) is 15.0. The van der Waals surface area contributed by atoms with E-state index < -0.39 is 0 Å². The van der Waals surface area contributed by atoms with Crippen LogP contribution in [0.1, 0.15) is 58.6 Å². The van der Waals surface area contributed by atoms with E-state index in [1.165, 1.54) is 5.56 Å². The minimum Gasteiger partial charge on any atom is -0.465 e. The lowest BCUT2D eigenvalue weighted by molar-refractivity contribution is 0.210. The van der Waals surface area contributed by atoms with Crippen LogP contribution in [0.25, 0.3) is 0 Å². The predicted molar refractivity (Wildman–Crippen MR) is 90.4 cm³/mol. The Hall–Kier alpha value is -0.800. The summed E-state index contributed by atoms with van der Waals surface area (Å²) in [5, 5.41) is 3.41. The van der Waals surface area contributed by atoms with Gasteiger partial charge in [-0.3, -0.25) is 4.90 Å². The predicted octanol–water partition coefficient (Wildman–Crippen LogP) is 4.20. The maximum Gasteiger partial charge on any atom is 0.118 e. The molecule has 0 bridgehead atoms. The first-order valence-corrected chi connectivity index (χ1v) is 8.31. The molecule has 0 saturated heterocycles. The molecule has 0 unspecified atom stereocenters. The number of hydrogen-bond donors (Lipinski definition) is 1.